The van der Waals surface area contributed by atoms with Crippen LogP contribution in [-0.4, -0.2) is 19.1 Å². The lowest BCUT2D eigenvalue weighted by Crippen LogP contribution is -2.15. The molecular weight excluding hydrogens is 226 g/mol. The molecule has 3 heteroatoms. The molecule has 0 amide bonds. The van der Waals surface area contributed by atoms with Gasteiger partial charge in [0, 0.05) is 0 Å². The Morgan fingerprint density at radius 3 is 3.06 bits per heavy atom. The van der Waals surface area contributed by atoms with Crippen LogP contribution < -0.4 is 5.73 Å². The number of benzene rings is 1. The topological polar surface area (TPSA) is 52.3 Å². The van der Waals surface area contributed by atoms with Crippen LogP contribution in [0.25, 0.3) is 0 Å². The van der Waals surface area contributed by atoms with Gasteiger partial charge in [0.15, 0.2) is 0 Å². The maximum Gasteiger partial charge on any atom is 0.338 e. The van der Waals surface area contributed by atoms with Crippen LogP contribution in [0.5, 0.6) is 0 Å². The van der Waals surface area contributed by atoms with E-state index in [1.54, 1.807) is 0 Å². The van der Waals surface area contributed by atoms with Gasteiger partial charge in [0.25, 0.3) is 0 Å². The van der Waals surface area contributed by atoms with E-state index in [0.717, 1.165) is 12.8 Å². The third kappa shape index (κ3) is 2.72. The summed E-state index contributed by atoms with van der Waals surface area (Å²) in [7, 11) is 0. The van der Waals surface area contributed by atoms with E-state index in [1.807, 2.05) is 19.1 Å². The quantitative estimate of drug-likeness (QED) is 0.832. The van der Waals surface area contributed by atoms with E-state index < -0.39 is 0 Å². The summed E-state index contributed by atoms with van der Waals surface area (Å²) in [4.78, 5) is 11.7. The number of nitrogens with two attached hydrogens (primary N) is 1. The van der Waals surface area contributed by atoms with Gasteiger partial charge in [-0.25, -0.2) is 4.79 Å². The zero-order valence-electron chi connectivity index (χ0n) is 10.9. The monoisotopic (exact) mass is 247 g/mol. The van der Waals surface area contributed by atoms with Crippen molar-refractivity contribution >= 4 is 5.97 Å². The lowest BCUT2D eigenvalue weighted by atomic mass is 9.80. The second-order valence-electron chi connectivity index (χ2n) is 4.80. The van der Waals surface area contributed by atoms with Gasteiger partial charge in [0.2, 0.25) is 0 Å². The van der Waals surface area contributed by atoms with Crippen LogP contribution in [-0.2, 0) is 11.2 Å². The van der Waals surface area contributed by atoms with Gasteiger partial charge < -0.3 is 10.5 Å². The summed E-state index contributed by atoms with van der Waals surface area (Å²) in [6, 6.07) is 5.96. The third-order valence-corrected chi connectivity index (χ3v) is 3.61. The van der Waals surface area contributed by atoms with E-state index in [4.69, 9.17) is 10.5 Å². The average molecular weight is 247 g/mol. The minimum atomic E-state index is -0.225. The molecule has 0 radical (unpaired) electrons. The lowest BCUT2D eigenvalue weighted by Gasteiger charge is -2.25. The molecule has 0 spiro atoms. The molecule has 1 aliphatic carbocycles. The molecule has 18 heavy (non-hydrogen) atoms. The zero-order chi connectivity index (χ0) is 13.0. The summed E-state index contributed by atoms with van der Waals surface area (Å²) in [5.74, 6) is 0.283. The predicted molar refractivity (Wildman–Crippen MR) is 71.7 cm³/mol. The summed E-state index contributed by atoms with van der Waals surface area (Å²) in [6.07, 6.45) is 4.51. The molecule has 1 aliphatic rings. The maximum absolute atomic E-state index is 11.7. The van der Waals surface area contributed by atoms with Gasteiger partial charge in [0.1, 0.15) is 0 Å². The van der Waals surface area contributed by atoms with E-state index in [9.17, 15) is 4.79 Å². The Hall–Kier alpha value is -1.35. The van der Waals surface area contributed by atoms with Gasteiger partial charge in [-0.1, -0.05) is 6.07 Å². The van der Waals surface area contributed by atoms with Gasteiger partial charge in [-0.3, -0.25) is 0 Å². The summed E-state index contributed by atoms with van der Waals surface area (Å²) >= 11 is 0. The smallest absolute Gasteiger partial charge is 0.338 e. The summed E-state index contributed by atoms with van der Waals surface area (Å²) in [6.45, 7) is 2.95. The molecule has 0 aliphatic heterocycles. The molecule has 0 saturated carbocycles. The highest BCUT2D eigenvalue weighted by Gasteiger charge is 2.21. The Balaban J connectivity index is 2.27. The second-order valence-corrected chi connectivity index (χ2v) is 4.80. The molecule has 1 aromatic carbocycles. The number of fused-ring (bicyclic) bond motifs is 1. The fourth-order valence-corrected chi connectivity index (χ4v) is 2.74. The van der Waals surface area contributed by atoms with Crippen LogP contribution in [0, 0.1) is 0 Å². The standard InChI is InChI=1S/C15H21NO2/c1-2-18-15(17)13-7-6-11-4-3-5-12(8-9-16)14(11)10-13/h6-7,10,12H,2-5,8-9,16H2,1H3. The fourth-order valence-electron chi connectivity index (χ4n) is 2.74. The number of carbonyl (C=O) groups is 1. The first-order valence-electron chi connectivity index (χ1n) is 6.76. The van der Waals surface area contributed by atoms with Gasteiger partial charge in [0.05, 0.1) is 12.2 Å². The molecule has 3 nitrogen and oxygen atoms in total. The molecule has 0 fully saturated rings. The number of carbonyl (C=O) groups excluding carboxylic acids is 1. The molecule has 2 rings (SSSR count). The molecule has 1 unspecified atom stereocenters. The molecule has 98 valence electrons. The first-order valence-corrected chi connectivity index (χ1v) is 6.76. The molecule has 0 saturated heterocycles. The summed E-state index contributed by atoms with van der Waals surface area (Å²) in [5.41, 5.74) is 9.01. The summed E-state index contributed by atoms with van der Waals surface area (Å²) < 4.78 is 5.05. The normalized spacial score (nSPS) is 18.2. The zero-order valence-corrected chi connectivity index (χ0v) is 10.9. The number of esters is 1. The number of hydrogen-bond donors (Lipinski definition) is 1. The molecular formula is C15H21NO2. The number of aryl methyl sites for hydroxylation is 1. The highest BCUT2D eigenvalue weighted by Crippen LogP contribution is 2.34. The van der Waals surface area contributed by atoms with Gasteiger partial charge in [-0.15, -0.1) is 0 Å². The highest BCUT2D eigenvalue weighted by atomic mass is 16.5. The van der Waals surface area contributed by atoms with Crippen molar-refractivity contribution in [1.29, 1.82) is 0 Å². The van der Waals surface area contributed by atoms with Crippen molar-refractivity contribution in [3.05, 3.63) is 34.9 Å². The third-order valence-electron chi connectivity index (χ3n) is 3.61. The van der Waals surface area contributed by atoms with Crippen LogP contribution >= 0.6 is 0 Å². The summed E-state index contributed by atoms with van der Waals surface area (Å²) in [5, 5.41) is 0. The second kappa shape index (κ2) is 6.01. The maximum atomic E-state index is 11.7. The van der Waals surface area contributed by atoms with Crippen LogP contribution in [0.3, 0.4) is 0 Å². The fraction of sp³-hybridized carbons (Fsp3) is 0.533. The Bertz CT molecular complexity index is 429. The van der Waals surface area contributed by atoms with E-state index in [-0.39, 0.29) is 5.97 Å². The van der Waals surface area contributed by atoms with Gasteiger partial charge in [-0.2, -0.15) is 0 Å². The number of hydrogen-bond acceptors (Lipinski definition) is 3. The van der Waals surface area contributed by atoms with Crippen LogP contribution in [0.2, 0.25) is 0 Å². The SMILES string of the molecule is CCOC(=O)c1ccc2c(c1)C(CCN)CCC2. The first kappa shape index (κ1) is 13.1. The number of rotatable bonds is 4. The van der Waals surface area contributed by atoms with Crippen molar-refractivity contribution in [3.63, 3.8) is 0 Å². The van der Waals surface area contributed by atoms with Crippen LogP contribution in [0.1, 0.15) is 53.6 Å². The van der Waals surface area contributed by atoms with Crippen molar-refractivity contribution < 1.29 is 9.53 Å². The molecule has 0 bridgehead atoms. The van der Waals surface area contributed by atoms with E-state index in [1.165, 1.54) is 24.0 Å². The van der Waals surface area contributed by atoms with Crippen molar-refractivity contribution in [1.82, 2.24) is 0 Å². The van der Waals surface area contributed by atoms with Crippen LogP contribution in [0.15, 0.2) is 18.2 Å². The highest BCUT2D eigenvalue weighted by molar-refractivity contribution is 5.89. The molecule has 0 aromatic heterocycles. The predicted octanol–water partition coefficient (Wildman–Crippen LogP) is 2.63. The van der Waals surface area contributed by atoms with Crippen molar-refractivity contribution in [2.45, 2.75) is 38.5 Å². The molecule has 1 aromatic rings. The first-order chi connectivity index (χ1) is 8.76. The average Bonchev–Trinajstić information content (AvgIpc) is 2.39. The Kier molecular flexibility index (Phi) is 4.37. The van der Waals surface area contributed by atoms with E-state index in [0.29, 0.717) is 24.6 Å². The van der Waals surface area contributed by atoms with Crippen molar-refractivity contribution in [2.24, 2.45) is 5.73 Å². The molecule has 2 N–H and O–H groups in total. The van der Waals surface area contributed by atoms with Crippen LogP contribution in [0.4, 0.5) is 0 Å². The van der Waals surface area contributed by atoms with Gasteiger partial charge >= 0.3 is 5.97 Å². The van der Waals surface area contributed by atoms with E-state index in [2.05, 4.69) is 6.07 Å². The van der Waals surface area contributed by atoms with Crippen molar-refractivity contribution in [3.8, 4) is 0 Å². The number of ether oxygens (including phenoxy) is 1. The van der Waals surface area contributed by atoms with Gasteiger partial charge in [-0.05, 0) is 68.3 Å². The Morgan fingerprint density at radius 1 is 1.50 bits per heavy atom. The largest absolute Gasteiger partial charge is 0.462 e. The van der Waals surface area contributed by atoms with E-state index >= 15 is 0 Å². The minimum absolute atomic E-state index is 0.225. The molecule has 1 atom stereocenters. The Morgan fingerprint density at radius 2 is 2.33 bits per heavy atom. The molecule has 0 heterocycles. The van der Waals surface area contributed by atoms with Crippen molar-refractivity contribution in [2.75, 3.05) is 13.2 Å². The lowest BCUT2D eigenvalue weighted by molar-refractivity contribution is 0.0526. The minimum Gasteiger partial charge on any atom is -0.462 e. The Labute approximate surface area is 108 Å².